The van der Waals surface area contributed by atoms with Crippen LogP contribution in [0.15, 0.2) is 0 Å². The molecule has 0 fully saturated rings. The highest BCUT2D eigenvalue weighted by atomic mass is 28.3. The lowest BCUT2D eigenvalue weighted by molar-refractivity contribution is -0.113. The summed E-state index contributed by atoms with van der Waals surface area (Å²) in [6.45, 7) is 16.0. The van der Waals surface area contributed by atoms with Gasteiger partial charge in [-0.2, -0.15) is 0 Å². The molecule has 0 atom stereocenters. The van der Waals surface area contributed by atoms with E-state index >= 15 is 0 Å². The van der Waals surface area contributed by atoms with E-state index in [0.717, 1.165) is 6.42 Å². The van der Waals surface area contributed by atoms with Gasteiger partial charge < -0.3 is 0 Å². The predicted octanol–water partition coefficient (Wildman–Crippen LogP) is 7.70. The Labute approximate surface area is 159 Å². The molecule has 0 saturated carbocycles. The molecule has 0 aliphatic heterocycles. The van der Waals surface area contributed by atoms with E-state index in [4.69, 9.17) is 0 Å². The van der Waals surface area contributed by atoms with Crippen molar-refractivity contribution >= 4 is 13.9 Å². The third-order valence-electron chi connectivity index (χ3n) is 5.79. The lowest BCUT2D eigenvalue weighted by atomic mass is 10.1. The first-order chi connectivity index (χ1) is 11.8. The maximum absolute atomic E-state index is 12.2. The van der Waals surface area contributed by atoms with Crippen molar-refractivity contribution in [3.63, 3.8) is 0 Å². The van der Waals surface area contributed by atoms with E-state index in [2.05, 4.69) is 59.9 Å². The topological polar surface area (TPSA) is 17.1 Å². The first kappa shape index (κ1) is 24.4. The Bertz CT molecular complexity index is 390. The van der Waals surface area contributed by atoms with Gasteiger partial charge in [0, 0.05) is 6.42 Å². The standard InChI is InChI=1S/C23H44OSi/c1-8-9-10-11-12-13-14-15-16-17-23(24)18-19-25(20(2)3,21(4)5)22(6)7/h20-22H,8-17H2,1-7H3. The average Bonchev–Trinajstić information content (AvgIpc) is 2.52. The summed E-state index contributed by atoms with van der Waals surface area (Å²) in [6, 6.07) is 0. The van der Waals surface area contributed by atoms with Gasteiger partial charge in [0.2, 0.25) is 5.78 Å². The number of hydrogen-bond acceptors (Lipinski definition) is 1. The van der Waals surface area contributed by atoms with Gasteiger partial charge in [0.05, 0.1) is 0 Å². The first-order valence-electron chi connectivity index (χ1n) is 10.8. The van der Waals surface area contributed by atoms with E-state index in [0.29, 0.717) is 23.0 Å². The number of hydrogen-bond donors (Lipinski definition) is 0. The third kappa shape index (κ3) is 9.09. The van der Waals surface area contributed by atoms with Crippen LogP contribution in [0.1, 0.15) is 113 Å². The van der Waals surface area contributed by atoms with Crippen molar-refractivity contribution in [2.45, 2.75) is 129 Å². The van der Waals surface area contributed by atoms with Crippen LogP contribution in [0.25, 0.3) is 0 Å². The molecule has 0 N–H and O–H groups in total. The van der Waals surface area contributed by atoms with Crippen LogP contribution in [0.5, 0.6) is 0 Å². The highest BCUT2D eigenvalue weighted by Gasteiger charge is 2.41. The number of carbonyl (C=O) groups excluding carboxylic acids is 1. The molecule has 0 aromatic carbocycles. The zero-order chi connectivity index (χ0) is 19.3. The van der Waals surface area contributed by atoms with Gasteiger partial charge in [0.15, 0.2) is 0 Å². The fourth-order valence-electron chi connectivity index (χ4n) is 4.27. The molecular weight excluding hydrogens is 320 g/mol. The Morgan fingerprint density at radius 2 is 1.12 bits per heavy atom. The quantitative estimate of drug-likeness (QED) is 0.186. The van der Waals surface area contributed by atoms with Gasteiger partial charge in [-0.05, 0) is 29.0 Å². The molecule has 0 heterocycles. The summed E-state index contributed by atoms with van der Waals surface area (Å²) in [5, 5.41) is 0. The van der Waals surface area contributed by atoms with Crippen molar-refractivity contribution in [1.29, 1.82) is 0 Å². The van der Waals surface area contributed by atoms with Crippen LogP contribution in [-0.2, 0) is 4.79 Å². The molecule has 146 valence electrons. The molecular formula is C23H44OSi. The van der Waals surface area contributed by atoms with E-state index in [1.54, 1.807) is 0 Å². The van der Waals surface area contributed by atoms with Crippen molar-refractivity contribution in [3.05, 3.63) is 0 Å². The molecule has 0 radical (unpaired) electrons. The summed E-state index contributed by atoms with van der Waals surface area (Å²) < 4.78 is 0. The minimum Gasteiger partial charge on any atom is -0.285 e. The molecule has 0 aliphatic carbocycles. The van der Waals surface area contributed by atoms with Crippen molar-refractivity contribution in [2.24, 2.45) is 0 Å². The molecule has 0 aliphatic rings. The van der Waals surface area contributed by atoms with Gasteiger partial charge in [-0.3, -0.25) is 4.79 Å². The van der Waals surface area contributed by atoms with Gasteiger partial charge in [-0.15, -0.1) is 5.54 Å². The summed E-state index contributed by atoms with van der Waals surface area (Å²) >= 11 is 0. The van der Waals surface area contributed by atoms with E-state index in [1.807, 2.05) is 0 Å². The SMILES string of the molecule is CCCCCCCCCCCC(=O)C#C[Si](C(C)C)(C(C)C)C(C)C. The minimum atomic E-state index is -1.75. The second-order valence-electron chi connectivity index (χ2n) is 8.65. The maximum Gasteiger partial charge on any atom is 0.204 e. The second kappa shape index (κ2) is 13.6. The zero-order valence-electron chi connectivity index (χ0n) is 18.2. The Morgan fingerprint density at radius 1 is 0.720 bits per heavy atom. The predicted molar refractivity (Wildman–Crippen MR) is 116 cm³/mol. The third-order valence-corrected chi connectivity index (χ3v) is 12.1. The molecule has 0 saturated heterocycles. The summed E-state index contributed by atoms with van der Waals surface area (Å²) in [4.78, 5) is 12.2. The number of rotatable bonds is 13. The smallest absolute Gasteiger partial charge is 0.204 e. The fourth-order valence-corrected chi connectivity index (χ4v) is 9.49. The van der Waals surface area contributed by atoms with E-state index in [1.165, 1.54) is 51.4 Å². The van der Waals surface area contributed by atoms with E-state index < -0.39 is 8.07 Å². The Morgan fingerprint density at radius 3 is 1.52 bits per heavy atom. The molecule has 25 heavy (non-hydrogen) atoms. The fraction of sp³-hybridized carbons (Fsp3) is 0.870. The summed E-state index contributed by atoms with van der Waals surface area (Å²) in [5.74, 6) is 3.23. The van der Waals surface area contributed by atoms with Crippen molar-refractivity contribution in [1.82, 2.24) is 0 Å². The monoisotopic (exact) mass is 364 g/mol. The summed E-state index contributed by atoms with van der Waals surface area (Å²) in [5.41, 5.74) is 5.34. The second-order valence-corrected chi connectivity index (χ2v) is 14.2. The maximum atomic E-state index is 12.2. The van der Waals surface area contributed by atoms with Crippen LogP contribution < -0.4 is 0 Å². The van der Waals surface area contributed by atoms with Gasteiger partial charge in [-0.25, -0.2) is 0 Å². The van der Waals surface area contributed by atoms with E-state index in [-0.39, 0.29) is 5.78 Å². The lowest BCUT2D eigenvalue weighted by Gasteiger charge is -2.37. The zero-order valence-corrected chi connectivity index (χ0v) is 19.2. The highest BCUT2D eigenvalue weighted by Crippen LogP contribution is 2.40. The molecule has 1 nitrogen and oxygen atoms in total. The molecule has 0 aromatic heterocycles. The number of ketones is 1. The largest absolute Gasteiger partial charge is 0.285 e. The Kier molecular flexibility index (Phi) is 13.3. The molecule has 0 bridgehead atoms. The number of carbonyl (C=O) groups is 1. The van der Waals surface area contributed by atoms with Crippen molar-refractivity contribution < 1.29 is 4.79 Å². The van der Waals surface area contributed by atoms with Gasteiger partial charge in [0.25, 0.3) is 0 Å². The van der Waals surface area contributed by atoms with Crippen LogP contribution in [0.4, 0.5) is 0 Å². The van der Waals surface area contributed by atoms with Gasteiger partial charge >= 0.3 is 0 Å². The van der Waals surface area contributed by atoms with Crippen LogP contribution in [0.2, 0.25) is 16.6 Å². The molecule has 0 spiro atoms. The van der Waals surface area contributed by atoms with Gasteiger partial charge in [0.1, 0.15) is 8.07 Å². The number of Topliss-reactive ketones (excluding diaryl/α,β-unsaturated/α-hetero) is 1. The molecule has 0 aromatic rings. The molecule has 2 heteroatoms. The molecule has 0 unspecified atom stereocenters. The van der Waals surface area contributed by atoms with E-state index in [9.17, 15) is 4.79 Å². The highest BCUT2D eigenvalue weighted by molar-refractivity contribution is 6.90. The van der Waals surface area contributed by atoms with Gasteiger partial charge in [-0.1, -0.05) is 99.8 Å². The lowest BCUT2D eigenvalue weighted by Crippen LogP contribution is -2.43. The Hall–Kier alpha value is -0.553. The van der Waals surface area contributed by atoms with Crippen LogP contribution >= 0.6 is 0 Å². The Balaban J connectivity index is 4.23. The van der Waals surface area contributed by atoms with Crippen LogP contribution in [0.3, 0.4) is 0 Å². The minimum absolute atomic E-state index is 0.168. The summed E-state index contributed by atoms with van der Waals surface area (Å²) in [6.07, 6.45) is 12.3. The molecule has 0 amide bonds. The number of unbranched alkanes of at least 4 members (excludes halogenated alkanes) is 8. The van der Waals surface area contributed by atoms with Crippen molar-refractivity contribution in [2.75, 3.05) is 0 Å². The van der Waals surface area contributed by atoms with Crippen LogP contribution in [-0.4, -0.2) is 13.9 Å². The van der Waals surface area contributed by atoms with Crippen LogP contribution in [0, 0.1) is 11.5 Å². The summed E-state index contributed by atoms with van der Waals surface area (Å²) in [7, 11) is -1.75. The van der Waals surface area contributed by atoms with Crippen molar-refractivity contribution in [3.8, 4) is 11.5 Å². The first-order valence-corrected chi connectivity index (χ1v) is 13.1. The molecule has 0 rings (SSSR count). The normalized spacial score (nSPS) is 11.9. The average molecular weight is 365 g/mol.